The van der Waals surface area contributed by atoms with Gasteiger partial charge < -0.3 is 4.74 Å². The second-order valence-corrected chi connectivity index (χ2v) is 6.48. The lowest BCUT2D eigenvalue weighted by atomic mass is 10.3. The quantitative estimate of drug-likeness (QED) is 0.442. The van der Waals surface area contributed by atoms with Gasteiger partial charge in [-0.15, -0.1) is 0 Å². The molecule has 8 nitrogen and oxygen atoms in total. The summed E-state index contributed by atoms with van der Waals surface area (Å²) in [7, 11) is -1.50. The molecule has 0 spiro atoms. The number of hydrogen-bond donors (Lipinski definition) is 0. The molecule has 0 saturated carbocycles. The van der Waals surface area contributed by atoms with Gasteiger partial charge in [-0.05, 0) is 12.1 Å². The number of nitrogens with zero attached hydrogens (tertiary/aromatic N) is 2. The van der Waals surface area contributed by atoms with Crippen molar-refractivity contribution in [2.75, 3.05) is 20.7 Å². The van der Waals surface area contributed by atoms with E-state index in [4.69, 9.17) is 11.6 Å². The molecule has 0 amide bonds. The van der Waals surface area contributed by atoms with E-state index in [0.29, 0.717) is 0 Å². The van der Waals surface area contributed by atoms with E-state index < -0.39 is 26.6 Å². The molecule has 1 rings (SSSR count). The van der Waals surface area contributed by atoms with Gasteiger partial charge in [-0.25, -0.2) is 12.7 Å². The van der Waals surface area contributed by atoms with Gasteiger partial charge in [-0.2, -0.15) is 0 Å². The number of carbonyl (C=O) groups is 1. The molecule has 21 heavy (non-hydrogen) atoms. The Morgan fingerprint density at radius 2 is 2.10 bits per heavy atom. The molecule has 10 heteroatoms. The number of sulfonamides is 1. The van der Waals surface area contributed by atoms with Gasteiger partial charge in [0.2, 0.25) is 10.0 Å². The summed E-state index contributed by atoms with van der Waals surface area (Å²) in [6.45, 7) is -0.106. The predicted octanol–water partition coefficient (Wildman–Crippen LogP) is 1.43. The molecular formula is C11H13ClN2O6S. The predicted molar refractivity (Wildman–Crippen MR) is 74.6 cm³/mol. The van der Waals surface area contributed by atoms with Crippen LogP contribution >= 0.6 is 11.6 Å². The maximum Gasteiger partial charge on any atom is 0.306 e. The number of ether oxygens (including phenoxy) is 1. The highest BCUT2D eigenvalue weighted by molar-refractivity contribution is 7.89. The number of benzene rings is 1. The first-order valence-corrected chi connectivity index (χ1v) is 7.49. The van der Waals surface area contributed by atoms with E-state index >= 15 is 0 Å². The standard InChI is InChI=1S/C11H13ClN2O6S/c1-13(6-5-11(15)20-2)21(18,19)8-3-4-9(12)10(7-8)14(16)17/h3-4,7H,5-6H2,1-2H3. The Morgan fingerprint density at radius 1 is 1.48 bits per heavy atom. The van der Waals surface area contributed by atoms with Crippen LogP contribution in [-0.4, -0.2) is 44.3 Å². The van der Waals surface area contributed by atoms with Crippen LogP contribution in [0.15, 0.2) is 23.1 Å². The Hall–Kier alpha value is -1.71. The van der Waals surface area contributed by atoms with Crippen molar-refractivity contribution in [3.63, 3.8) is 0 Å². The molecule has 0 bridgehead atoms. The van der Waals surface area contributed by atoms with E-state index in [-0.39, 0.29) is 22.9 Å². The Kier molecular flexibility index (Phi) is 5.64. The number of carbonyl (C=O) groups excluding carboxylic acids is 1. The summed E-state index contributed by atoms with van der Waals surface area (Å²) < 4.78 is 29.8. The summed E-state index contributed by atoms with van der Waals surface area (Å²) in [6.07, 6.45) is -0.123. The van der Waals surface area contributed by atoms with Gasteiger partial charge in [-0.1, -0.05) is 11.6 Å². The summed E-state index contributed by atoms with van der Waals surface area (Å²) in [5, 5.41) is 10.6. The van der Waals surface area contributed by atoms with Crippen LogP contribution in [-0.2, 0) is 19.6 Å². The molecule has 0 N–H and O–H groups in total. The number of nitro groups is 1. The van der Waals surface area contributed by atoms with Crippen LogP contribution in [0.3, 0.4) is 0 Å². The van der Waals surface area contributed by atoms with Crippen LogP contribution in [0.2, 0.25) is 5.02 Å². The second-order valence-electron chi connectivity index (χ2n) is 4.02. The SMILES string of the molecule is COC(=O)CCN(C)S(=O)(=O)c1ccc(Cl)c([N+](=O)[O-])c1. The van der Waals surface area contributed by atoms with Crippen molar-refractivity contribution in [2.24, 2.45) is 0 Å². The van der Waals surface area contributed by atoms with Crippen LogP contribution in [0.1, 0.15) is 6.42 Å². The minimum absolute atomic E-state index is 0.106. The van der Waals surface area contributed by atoms with Gasteiger partial charge >= 0.3 is 5.97 Å². The van der Waals surface area contributed by atoms with Gasteiger partial charge in [0, 0.05) is 19.7 Å². The topological polar surface area (TPSA) is 107 Å². The molecule has 0 heterocycles. The average molecular weight is 337 g/mol. The Bertz CT molecular complexity index is 661. The fourth-order valence-electron chi connectivity index (χ4n) is 1.44. The molecule has 0 fully saturated rings. The van der Waals surface area contributed by atoms with Crippen molar-refractivity contribution in [3.8, 4) is 0 Å². The van der Waals surface area contributed by atoms with Gasteiger partial charge in [0.1, 0.15) is 5.02 Å². The van der Waals surface area contributed by atoms with E-state index in [1.54, 1.807) is 0 Å². The van der Waals surface area contributed by atoms with E-state index in [2.05, 4.69) is 4.74 Å². The first-order valence-electron chi connectivity index (χ1n) is 5.67. The molecule has 0 saturated heterocycles. The smallest absolute Gasteiger partial charge is 0.306 e. The van der Waals surface area contributed by atoms with Gasteiger partial charge in [0.25, 0.3) is 5.69 Å². The molecular weight excluding hydrogens is 324 g/mol. The highest BCUT2D eigenvalue weighted by Crippen LogP contribution is 2.28. The zero-order chi connectivity index (χ0) is 16.2. The number of rotatable bonds is 6. The monoisotopic (exact) mass is 336 g/mol. The molecule has 0 aliphatic heterocycles. The van der Waals surface area contributed by atoms with Gasteiger partial charge in [-0.3, -0.25) is 14.9 Å². The molecule has 0 radical (unpaired) electrons. The Labute approximate surface area is 126 Å². The maximum absolute atomic E-state index is 12.2. The molecule has 1 aromatic carbocycles. The van der Waals surface area contributed by atoms with Crippen molar-refractivity contribution in [1.29, 1.82) is 0 Å². The van der Waals surface area contributed by atoms with E-state index in [1.165, 1.54) is 20.2 Å². The lowest BCUT2D eigenvalue weighted by Gasteiger charge is -2.16. The van der Waals surface area contributed by atoms with Crippen molar-refractivity contribution in [2.45, 2.75) is 11.3 Å². The number of methoxy groups -OCH3 is 1. The van der Waals surface area contributed by atoms with Crippen LogP contribution in [0.4, 0.5) is 5.69 Å². The summed E-state index contributed by atoms with van der Waals surface area (Å²) in [5.74, 6) is -0.556. The molecule has 116 valence electrons. The van der Waals surface area contributed by atoms with Crippen molar-refractivity contribution in [3.05, 3.63) is 33.3 Å². The molecule has 0 atom stereocenters. The summed E-state index contributed by atoms with van der Waals surface area (Å²) in [4.78, 5) is 20.8. The minimum Gasteiger partial charge on any atom is -0.469 e. The molecule has 1 aromatic rings. The van der Waals surface area contributed by atoms with Crippen molar-refractivity contribution < 1.29 is 22.9 Å². The lowest BCUT2D eigenvalue weighted by molar-refractivity contribution is -0.384. The number of nitro benzene ring substituents is 1. The van der Waals surface area contributed by atoms with Crippen molar-refractivity contribution >= 4 is 33.3 Å². The zero-order valence-corrected chi connectivity index (χ0v) is 12.8. The number of esters is 1. The normalized spacial score (nSPS) is 11.4. The molecule has 0 aliphatic rings. The second kappa shape index (κ2) is 6.83. The third-order valence-corrected chi connectivity index (χ3v) is 4.85. The highest BCUT2D eigenvalue weighted by atomic mass is 35.5. The van der Waals surface area contributed by atoms with Crippen molar-refractivity contribution in [1.82, 2.24) is 4.31 Å². The Morgan fingerprint density at radius 3 is 2.62 bits per heavy atom. The summed E-state index contributed by atoms with van der Waals surface area (Å²) >= 11 is 5.63. The van der Waals surface area contributed by atoms with Crippen LogP contribution < -0.4 is 0 Å². The third-order valence-electron chi connectivity index (χ3n) is 2.68. The van der Waals surface area contributed by atoms with Crippen LogP contribution in [0.5, 0.6) is 0 Å². The van der Waals surface area contributed by atoms with Crippen LogP contribution in [0, 0.1) is 10.1 Å². The lowest BCUT2D eigenvalue weighted by Crippen LogP contribution is -2.29. The van der Waals surface area contributed by atoms with E-state index in [9.17, 15) is 23.3 Å². The number of halogens is 1. The zero-order valence-electron chi connectivity index (χ0n) is 11.3. The van der Waals surface area contributed by atoms with E-state index in [1.807, 2.05) is 0 Å². The Balaban J connectivity index is 3.05. The average Bonchev–Trinajstić information content (AvgIpc) is 2.43. The van der Waals surface area contributed by atoms with Gasteiger partial charge in [0.15, 0.2) is 0 Å². The molecule has 0 aliphatic carbocycles. The fraction of sp³-hybridized carbons (Fsp3) is 0.364. The minimum atomic E-state index is -3.95. The molecule has 0 unspecified atom stereocenters. The largest absolute Gasteiger partial charge is 0.469 e. The van der Waals surface area contributed by atoms with Gasteiger partial charge in [0.05, 0.1) is 23.3 Å². The highest BCUT2D eigenvalue weighted by Gasteiger charge is 2.25. The maximum atomic E-state index is 12.2. The van der Waals surface area contributed by atoms with E-state index in [0.717, 1.165) is 16.4 Å². The number of hydrogen-bond acceptors (Lipinski definition) is 6. The molecule has 0 aromatic heterocycles. The first-order chi connectivity index (χ1) is 9.70. The first kappa shape index (κ1) is 17.3. The third kappa shape index (κ3) is 4.13. The fourth-order valence-corrected chi connectivity index (χ4v) is 2.82. The van der Waals surface area contributed by atoms with Crippen LogP contribution in [0.25, 0.3) is 0 Å². The summed E-state index contributed by atoms with van der Waals surface area (Å²) in [5.41, 5.74) is -0.501. The summed E-state index contributed by atoms with van der Waals surface area (Å²) in [6, 6.07) is 3.19.